The van der Waals surface area contributed by atoms with E-state index in [1.165, 1.54) is 19.3 Å². The van der Waals surface area contributed by atoms with Gasteiger partial charge >= 0.3 is 5.97 Å². The van der Waals surface area contributed by atoms with Crippen molar-refractivity contribution in [1.29, 1.82) is 0 Å². The summed E-state index contributed by atoms with van der Waals surface area (Å²) in [7, 11) is 0. The first kappa shape index (κ1) is 14.8. The second kappa shape index (κ2) is 4.70. The van der Waals surface area contributed by atoms with E-state index in [0.29, 0.717) is 17.3 Å². The fourth-order valence-electron chi connectivity index (χ4n) is 6.44. The van der Waals surface area contributed by atoms with E-state index in [9.17, 15) is 9.59 Å². The average molecular weight is 295 g/mol. The number of amides is 1. The maximum absolute atomic E-state index is 12.1. The number of carboxylic acid groups (broad SMARTS) is 1. The van der Waals surface area contributed by atoms with Crippen LogP contribution in [0, 0.1) is 22.2 Å². The third-order valence-electron chi connectivity index (χ3n) is 5.66. The van der Waals surface area contributed by atoms with E-state index in [1.54, 1.807) is 0 Å². The van der Waals surface area contributed by atoms with Crippen molar-refractivity contribution in [2.75, 3.05) is 6.61 Å². The fourth-order valence-corrected chi connectivity index (χ4v) is 6.44. The minimum absolute atomic E-state index is 0.0968. The van der Waals surface area contributed by atoms with E-state index in [1.807, 2.05) is 0 Å². The number of hydrogen-bond donors (Lipinski definition) is 2. The third-order valence-corrected chi connectivity index (χ3v) is 5.66. The lowest BCUT2D eigenvalue weighted by atomic mass is 9.40. The summed E-state index contributed by atoms with van der Waals surface area (Å²) in [6.07, 6.45) is 7.76. The predicted octanol–water partition coefficient (Wildman–Crippen LogP) is 2.51. The van der Waals surface area contributed by atoms with E-state index in [2.05, 4.69) is 19.3 Å². The van der Waals surface area contributed by atoms with Crippen molar-refractivity contribution in [3.05, 3.63) is 0 Å². The van der Waals surface area contributed by atoms with Gasteiger partial charge in [0.15, 0.2) is 6.61 Å². The Morgan fingerprint density at radius 3 is 2.29 bits per heavy atom. The van der Waals surface area contributed by atoms with Crippen molar-refractivity contribution in [3.63, 3.8) is 0 Å². The lowest BCUT2D eigenvalue weighted by Crippen LogP contribution is -2.56. The van der Waals surface area contributed by atoms with Crippen molar-refractivity contribution >= 4 is 11.9 Å². The molecule has 5 nitrogen and oxygen atoms in total. The molecular weight excluding hydrogens is 270 g/mol. The molecule has 2 atom stereocenters. The molecule has 2 N–H and O–H groups in total. The number of rotatable bonds is 5. The molecule has 0 aromatic rings. The number of carbonyl (C=O) groups excluding carboxylic acids is 1. The summed E-state index contributed by atoms with van der Waals surface area (Å²) in [5.41, 5.74) is 3.16. The maximum atomic E-state index is 12.1. The van der Waals surface area contributed by atoms with Crippen LogP contribution in [-0.4, -0.2) is 23.6 Å². The van der Waals surface area contributed by atoms with E-state index < -0.39 is 12.6 Å². The minimum Gasteiger partial charge on any atom is -0.479 e. The van der Waals surface area contributed by atoms with Crippen LogP contribution < -0.4 is 5.48 Å². The van der Waals surface area contributed by atoms with Gasteiger partial charge in [0, 0.05) is 6.42 Å². The van der Waals surface area contributed by atoms with Gasteiger partial charge in [0.1, 0.15) is 0 Å². The predicted molar refractivity (Wildman–Crippen MR) is 76.2 cm³/mol. The molecule has 4 bridgehead atoms. The topological polar surface area (TPSA) is 75.6 Å². The van der Waals surface area contributed by atoms with Crippen LogP contribution in [0.2, 0.25) is 0 Å². The van der Waals surface area contributed by atoms with Crippen LogP contribution in [0.3, 0.4) is 0 Å². The zero-order valence-electron chi connectivity index (χ0n) is 12.9. The standard InChI is InChI=1S/C16H25NO4/c1-14-3-11-4-15(2,8-14)10-16(5-11,9-14)6-12(18)17-21-7-13(19)20/h11H,3-10H2,1-2H3,(H,17,18)(H,19,20). The highest BCUT2D eigenvalue weighted by atomic mass is 16.7. The quantitative estimate of drug-likeness (QED) is 0.764. The first-order valence-corrected chi connectivity index (χ1v) is 7.84. The second-order valence-corrected chi connectivity index (χ2v) is 8.51. The lowest BCUT2D eigenvalue weighted by Gasteiger charge is -2.65. The van der Waals surface area contributed by atoms with Crippen LogP contribution in [0.25, 0.3) is 0 Å². The molecular formula is C16H25NO4. The number of nitrogens with one attached hydrogen (secondary N) is 1. The zero-order chi connectivity index (χ0) is 15.3. The molecule has 0 aromatic heterocycles. The maximum Gasteiger partial charge on any atom is 0.332 e. The Morgan fingerprint density at radius 1 is 1.14 bits per heavy atom. The SMILES string of the molecule is CC12CC3CC(C)(C1)CC(CC(=O)NOCC(=O)O)(C3)C2. The molecule has 4 rings (SSSR count). The molecule has 21 heavy (non-hydrogen) atoms. The third kappa shape index (κ3) is 2.93. The number of hydroxylamine groups is 1. The van der Waals surface area contributed by atoms with Gasteiger partial charge < -0.3 is 5.11 Å². The molecule has 118 valence electrons. The number of hydrogen-bond acceptors (Lipinski definition) is 3. The van der Waals surface area contributed by atoms with Crippen LogP contribution in [0.5, 0.6) is 0 Å². The van der Waals surface area contributed by atoms with Gasteiger partial charge in [0.05, 0.1) is 0 Å². The lowest BCUT2D eigenvalue weighted by molar-refractivity contribution is -0.163. The van der Waals surface area contributed by atoms with Gasteiger partial charge in [-0.2, -0.15) is 0 Å². The summed E-state index contributed by atoms with van der Waals surface area (Å²) in [6, 6.07) is 0. The van der Waals surface area contributed by atoms with Gasteiger partial charge in [-0.3, -0.25) is 9.63 Å². The number of carboxylic acids is 1. The molecule has 4 fully saturated rings. The molecule has 0 aliphatic heterocycles. The molecule has 4 saturated carbocycles. The Labute approximate surface area is 125 Å². The highest BCUT2D eigenvalue weighted by Gasteiger charge is 2.60. The van der Waals surface area contributed by atoms with Crippen molar-refractivity contribution in [2.24, 2.45) is 22.2 Å². The zero-order valence-corrected chi connectivity index (χ0v) is 12.9. The van der Waals surface area contributed by atoms with Crippen molar-refractivity contribution in [2.45, 2.75) is 58.8 Å². The molecule has 0 heterocycles. The molecule has 4 aliphatic rings. The average Bonchev–Trinajstić information content (AvgIpc) is 2.21. The molecule has 0 spiro atoms. The molecule has 2 unspecified atom stereocenters. The Morgan fingerprint density at radius 2 is 1.76 bits per heavy atom. The first-order valence-electron chi connectivity index (χ1n) is 7.84. The summed E-state index contributed by atoms with van der Waals surface area (Å²) in [4.78, 5) is 27.2. The Kier molecular flexibility index (Phi) is 3.32. The number of aliphatic carboxylic acids is 1. The van der Waals surface area contributed by atoms with Gasteiger partial charge in [0.25, 0.3) is 0 Å². The van der Waals surface area contributed by atoms with Crippen molar-refractivity contribution < 1.29 is 19.5 Å². The summed E-state index contributed by atoms with van der Waals surface area (Å²) in [6.45, 7) is 4.27. The first-order chi connectivity index (χ1) is 9.72. The van der Waals surface area contributed by atoms with Crippen LogP contribution in [0.1, 0.15) is 58.8 Å². The van der Waals surface area contributed by atoms with Crippen molar-refractivity contribution in [3.8, 4) is 0 Å². The van der Waals surface area contributed by atoms with Gasteiger partial charge in [-0.25, -0.2) is 10.3 Å². The van der Waals surface area contributed by atoms with E-state index >= 15 is 0 Å². The second-order valence-electron chi connectivity index (χ2n) is 8.51. The summed E-state index contributed by atoms with van der Waals surface area (Å²) in [5.74, 6) is -0.500. The molecule has 0 aromatic carbocycles. The smallest absolute Gasteiger partial charge is 0.332 e. The van der Waals surface area contributed by atoms with Gasteiger partial charge in [-0.15, -0.1) is 0 Å². The van der Waals surface area contributed by atoms with Crippen molar-refractivity contribution in [1.82, 2.24) is 5.48 Å². The van der Waals surface area contributed by atoms with Crippen LogP contribution in [-0.2, 0) is 14.4 Å². The number of carbonyl (C=O) groups is 2. The summed E-state index contributed by atoms with van der Waals surface area (Å²) >= 11 is 0. The van der Waals surface area contributed by atoms with E-state index in [-0.39, 0.29) is 11.3 Å². The minimum atomic E-state index is -1.08. The highest BCUT2D eigenvalue weighted by molar-refractivity contribution is 5.76. The molecule has 0 saturated heterocycles. The molecule has 5 heteroatoms. The largest absolute Gasteiger partial charge is 0.479 e. The monoisotopic (exact) mass is 295 g/mol. The highest BCUT2D eigenvalue weighted by Crippen LogP contribution is 2.70. The van der Waals surface area contributed by atoms with Crippen LogP contribution in [0.15, 0.2) is 0 Å². The summed E-state index contributed by atoms with van der Waals surface area (Å²) < 4.78 is 0. The molecule has 4 aliphatic carbocycles. The Bertz CT molecular complexity index is 457. The van der Waals surface area contributed by atoms with Crippen LogP contribution in [0.4, 0.5) is 0 Å². The van der Waals surface area contributed by atoms with Crippen LogP contribution >= 0.6 is 0 Å². The summed E-state index contributed by atoms with van der Waals surface area (Å²) in [5, 5.41) is 8.52. The fraction of sp³-hybridized carbons (Fsp3) is 0.875. The van der Waals surface area contributed by atoms with Gasteiger partial charge in [-0.05, 0) is 60.7 Å². The Hall–Kier alpha value is -1.10. The molecule has 1 amide bonds. The van der Waals surface area contributed by atoms with Gasteiger partial charge in [-0.1, -0.05) is 13.8 Å². The van der Waals surface area contributed by atoms with Gasteiger partial charge in [0.2, 0.25) is 5.91 Å². The van der Waals surface area contributed by atoms with E-state index in [4.69, 9.17) is 9.94 Å². The van der Waals surface area contributed by atoms with E-state index in [0.717, 1.165) is 25.2 Å². The normalized spacial score (nSPS) is 43.8. The Balaban J connectivity index is 1.65. The molecule has 0 radical (unpaired) electrons.